The predicted molar refractivity (Wildman–Crippen MR) is 64.5 cm³/mol. The Labute approximate surface area is 93.5 Å². The molecule has 0 heterocycles. The summed E-state index contributed by atoms with van der Waals surface area (Å²) in [4.78, 5) is 0. The molecule has 0 aliphatic heterocycles. The first-order valence-electron chi connectivity index (χ1n) is 6.75. The van der Waals surface area contributed by atoms with Gasteiger partial charge in [-0.15, -0.1) is 0 Å². The Hall–Kier alpha value is -0.520. The van der Waals surface area contributed by atoms with Gasteiger partial charge in [0.2, 0.25) is 0 Å². The lowest BCUT2D eigenvalue weighted by atomic mass is 9.70. The molecule has 3 aliphatic carbocycles. The van der Waals surface area contributed by atoms with Gasteiger partial charge in [-0.25, -0.2) is 0 Å². The van der Waals surface area contributed by atoms with E-state index in [0.29, 0.717) is 0 Å². The molecule has 0 saturated heterocycles. The first kappa shape index (κ1) is 9.69. The van der Waals surface area contributed by atoms with Crippen molar-refractivity contribution in [3.05, 3.63) is 24.3 Å². The quantitative estimate of drug-likeness (QED) is 0.598. The van der Waals surface area contributed by atoms with Crippen molar-refractivity contribution in [1.29, 1.82) is 0 Å². The molecule has 5 unspecified atom stereocenters. The molecule has 15 heavy (non-hydrogen) atoms. The van der Waals surface area contributed by atoms with Crippen molar-refractivity contribution in [3.8, 4) is 0 Å². The number of allylic oxidation sites excluding steroid dienone is 4. The highest BCUT2D eigenvalue weighted by Gasteiger charge is 2.45. The molecule has 0 amide bonds. The summed E-state index contributed by atoms with van der Waals surface area (Å²) in [6.45, 7) is 2.39. The van der Waals surface area contributed by atoms with E-state index in [9.17, 15) is 0 Å². The summed E-state index contributed by atoms with van der Waals surface area (Å²) < 4.78 is 0. The van der Waals surface area contributed by atoms with Gasteiger partial charge in [0, 0.05) is 0 Å². The fourth-order valence-corrected chi connectivity index (χ4v) is 4.43. The molecule has 0 N–H and O–H groups in total. The van der Waals surface area contributed by atoms with E-state index in [1.54, 1.807) is 0 Å². The van der Waals surface area contributed by atoms with Crippen LogP contribution in [-0.4, -0.2) is 0 Å². The van der Waals surface area contributed by atoms with Gasteiger partial charge < -0.3 is 0 Å². The monoisotopic (exact) mass is 202 g/mol. The molecular weight excluding hydrogens is 180 g/mol. The fraction of sp³-hybridized carbons (Fsp3) is 0.733. The highest BCUT2D eigenvalue weighted by atomic mass is 14.5. The summed E-state index contributed by atoms with van der Waals surface area (Å²) in [6, 6.07) is 0. The summed E-state index contributed by atoms with van der Waals surface area (Å²) >= 11 is 0. The minimum atomic E-state index is 0.886. The van der Waals surface area contributed by atoms with E-state index in [-0.39, 0.29) is 0 Å². The smallest absolute Gasteiger partial charge is 0.0136 e. The molecule has 3 rings (SSSR count). The normalized spacial score (nSPS) is 47.7. The predicted octanol–water partition coefficient (Wildman–Crippen LogP) is 4.19. The zero-order valence-corrected chi connectivity index (χ0v) is 9.73. The molecule has 0 aromatic rings. The minimum absolute atomic E-state index is 0.886. The average Bonchev–Trinajstić information content (AvgIpc) is 2.67. The zero-order valence-electron chi connectivity index (χ0n) is 9.73. The van der Waals surface area contributed by atoms with Gasteiger partial charge >= 0.3 is 0 Å². The molecule has 0 aromatic carbocycles. The van der Waals surface area contributed by atoms with Crippen molar-refractivity contribution in [1.82, 2.24) is 0 Å². The lowest BCUT2D eigenvalue weighted by molar-refractivity contribution is 0.162. The van der Waals surface area contributed by atoms with Crippen LogP contribution in [-0.2, 0) is 0 Å². The second kappa shape index (κ2) is 3.81. The van der Waals surface area contributed by atoms with Gasteiger partial charge in [0.1, 0.15) is 0 Å². The van der Waals surface area contributed by atoms with Gasteiger partial charge in [-0.05, 0) is 42.4 Å². The third-order valence-electron chi connectivity index (χ3n) is 5.13. The van der Waals surface area contributed by atoms with Gasteiger partial charge in [0.05, 0.1) is 0 Å². The van der Waals surface area contributed by atoms with Crippen LogP contribution < -0.4 is 0 Å². The van der Waals surface area contributed by atoms with Crippen molar-refractivity contribution < 1.29 is 0 Å². The molecule has 0 heteroatoms. The Kier molecular flexibility index (Phi) is 2.46. The molecule has 0 nitrogen and oxygen atoms in total. The summed E-state index contributed by atoms with van der Waals surface area (Å²) in [6.07, 6.45) is 16.9. The summed E-state index contributed by atoms with van der Waals surface area (Å²) in [5, 5.41) is 0. The van der Waals surface area contributed by atoms with Crippen LogP contribution >= 0.6 is 0 Å². The van der Waals surface area contributed by atoms with E-state index in [0.717, 1.165) is 29.6 Å². The maximum atomic E-state index is 2.49. The van der Waals surface area contributed by atoms with Crippen LogP contribution in [0.5, 0.6) is 0 Å². The van der Waals surface area contributed by atoms with Crippen molar-refractivity contribution in [2.24, 2.45) is 29.6 Å². The first-order valence-corrected chi connectivity index (χ1v) is 6.75. The summed E-state index contributed by atoms with van der Waals surface area (Å²) in [5.74, 6) is 4.89. The van der Waals surface area contributed by atoms with Gasteiger partial charge in [-0.2, -0.15) is 0 Å². The Morgan fingerprint density at radius 2 is 1.93 bits per heavy atom. The Bertz CT molecular complexity index is 286. The van der Waals surface area contributed by atoms with E-state index in [1.807, 2.05) is 0 Å². The van der Waals surface area contributed by atoms with Gasteiger partial charge in [0.25, 0.3) is 0 Å². The molecule has 2 saturated carbocycles. The van der Waals surface area contributed by atoms with Gasteiger partial charge in [-0.1, -0.05) is 50.5 Å². The number of hydrogen-bond donors (Lipinski definition) is 0. The van der Waals surface area contributed by atoms with Crippen molar-refractivity contribution in [2.75, 3.05) is 0 Å². The maximum Gasteiger partial charge on any atom is -0.0136 e. The highest BCUT2D eigenvalue weighted by Crippen LogP contribution is 2.53. The Morgan fingerprint density at radius 1 is 1.07 bits per heavy atom. The maximum absolute atomic E-state index is 2.49. The molecule has 2 fully saturated rings. The molecule has 82 valence electrons. The third-order valence-corrected chi connectivity index (χ3v) is 5.13. The third kappa shape index (κ3) is 1.49. The summed E-state index contributed by atoms with van der Waals surface area (Å²) in [7, 11) is 0. The van der Waals surface area contributed by atoms with Gasteiger partial charge in [0.15, 0.2) is 0 Å². The molecule has 5 atom stereocenters. The SMILES string of the molecule is CCC1CCCC2C3C=CC=CC3CC12. The summed E-state index contributed by atoms with van der Waals surface area (Å²) in [5.41, 5.74) is 0. The second-order valence-electron chi connectivity index (χ2n) is 5.67. The zero-order chi connectivity index (χ0) is 10.3. The molecule has 3 aliphatic rings. The molecule has 0 spiro atoms. The standard InChI is InChI=1S/C15H22/c1-2-11-7-5-9-14-13-8-4-3-6-12(13)10-15(11)14/h3-4,6,8,11-15H,2,5,7,9-10H2,1H3. The topological polar surface area (TPSA) is 0 Å². The fourth-order valence-electron chi connectivity index (χ4n) is 4.43. The molecule has 0 radical (unpaired) electrons. The largest absolute Gasteiger partial charge is 0.0808 e. The van der Waals surface area contributed by atoms with Crippen molar-refractivity contribution in [2.45, 2.75) is 39.0 Å². The lowest BCUT2D eigenvalue weighted by Gasteiger charge is -2.35. The highest BCUT2D eigenvalue weighted by molar-refractivity contribution is 5.19. The second-order valence-corrected chi connectivity index (χ2v) is 5.67. The van der Waals surface area contributed by atoms with Crippen LogP contribution in [0.15, 0.2) is 24.3 Å². The van der Waals surface area contributed by atoms with E-state index in [4.69, 9.17) is 0 Å². The molecular formula is C15H22. The molecule has 0 aromatic heterocycles. The van der Waals surface area contributed by atoms with E-state index < -0.39 is 0 Å². The van der Waals surface area contributed by atoms with Crippen molar-refractivity contribution >= 4 is 0 Å². The first-order chi connectivity index (χ1) is 7.40. The number of hydrogen-bond acceptors (Lipinski definition) is 0. The van der Waals surface area contributed by atoms with Crippen LogP contribution in [0.1, 0.15) is 39.0 Å². The Morgan fingerprint density at radius 3 is 2.80 bits per heavy atom. The number of rotatable bonds is 1. The van der Waals surface area contributed by atoms with Gasteiger partial charge in [-0.3, -0.25) is 0 Å². The lowest BCUT2D eigenvalue weighted by Crippen LogP contribution is -2.26. The van der Waals surface area contributed by atoms with E-state index >= 15 is 0 Å². The van der Waals surface area contributed by atoms with Crippen molar-refractivity contribution in [3.63, 3.8) is 0 Å². The van der Waals surface area contributed by atoms with E-state index in [1.165, 1.54) is 32.1 Å². The van der Waals surface area contributed by atoms with Crippen LogP contribution in [0.3, 0.4) is 0 Å². The minimum Gasteiger partial charge on any atom is -0.0808 e. The number of fused-ring (bicyclic) bond motifs is 3. The Balaban J connectivity index is 1.84. The average molecular weight is 202 g/mol. The van der Waals surface area contributed by atoms with Crippen LogP contribution in [0.25, 0.3) is 0 Å². The van der Waals surface area contributed by atoms with E-state index in [2.05, 4.69) is 31.2 Å². The van der Waals surface area contributed by atoms with Crippen LogP contribution in [0, 0.1) is 29.6 Å². The van der Waals surface area contributed by atoms with Crippen LogP contribution in [0.2, 0.25) is 0 Å². The molecule has 0 bridgehead atoms. The van der Waals surface area contributed by atoms with Crippen LogP contribution in [0.4, 0.5) is 0 Å².